The summed E-state index contributed by atoms with van der Waals surface area (Å²) < 4.78 is 2.10. The molecule has 1 aliphatic rings. The van der Waals surface area contributed by atoms with Gasteiger partial charge >= 0.3 is 0 Å². The van der Waals surface area contributed by atoms with Gasteiger partial charge in [0.05, 0.1) is 5.69 Å². The third-order valence-corrected chi connectivity index (χ3v) is 5.11. The van der Waals surface area contributed by atoms with Gasteiger partial charge in [-0.1, -0.05) is 25.1 Å². The second-order valence-corrected chi connectivity index (χ2v) is 7.45. The van der Waals surface area contributed by atoms with Crippen LogP contribution in [0.4, 0.5) is 5.69 Å². The number of hydrogen-bond donors (Lipinski definition) is 1. The fourth-order valence-corrected chi connectivity index (χ4v) is 3.63. The minimum absolute atomic E-state index is 0.477. The first kappa shape index (κ1) is 19.3. The zero-order valence-electron chi connectivity index (χ0n) is 17.0. The number of nitrogens with one attached hydrogen (secondary N) is 1. The summed E-state index contributed by atoms with van der Waals surface area (Å²) >= 11 is 0. The lowest BCUT2D eigenvalue weighted by Crippen LogP contribution is -2.53. The van der Waals surface area contributed by atoms with E-state index < -0.39 is 0 Å². The van der Waals surface area contributed by atoms with E-state index in [-0.39, 0.29) is 0 Å². The Kier molecular flexibility index (Phi) is 6.37. The number of piperazine rings is 1. The number of nitrogens with zero attached hydrogens (tertiary/aromatic N) is 5. The predicted molar refractivity (Wildman–Crippen MR) is 112 cm³/mol. The molecule has 0 bridgehead atoms. The van der Waals surface area contributed by atoms with Crippen molar-refractivity contribution in [3.63, 3.8) is 0 Å². The zero-order valence-corrected chi connectivity index (χ0v) is 17.0. The first-order valence-corrected chi connectivity index (χ1v) is 9.83. The van der Waals surface area contributed by atoms with E-state index in [0.717, 1.165) is 50.9 Å². The van der Waals surface area contributed by atoms with Crippen molar-refractivity contribution in [2.75, 3.05) is 44.7 Å². The lowest BCUT2D eigenvalue weighted by atomic mass is 10.2. The molecule has 6 nitrogen and oxygen atoms in total. The van der Waals surface area contributed by atoms with E-state index in [9.17, 15) is 0 Å². The van der Waals surface area contributed by atoms with Crippen LogP contribution in [0.15, 0.2) is 41.4 Å². The molecule has 1 aliphatic heterocycles. The molecule has 1 aromatic heterocycles. The molecule has 3 rings (SSSR count). The van der Waals surface area contributed by atoms with Gasteiger partial charge < -0.3 is 15.1 Å². The minimum Gasteiger partial charge on any atom is -0.368 e. The van der Waals surface area contributed by atoms with Crippen LogP contribution in [0, 0.1) is 19.8 Å². The standard InChI is InChI=1S/C21H32N6/c1-17(16-27-19(3)14-18(2)24-27)15-23-21(22-4)26-12-10-25(11-13-26)20-8-6-5-7-9-20/h5-9,14,17H,10-13,15-16H2,1-4H3,(H,22,23). The Bertz CT molecular complexity index is 743. The van der Waals surface area contributed by atoms with Gasteiger partial charge in [-0.3, -0.25) is 9.67 Å². The Morgan fingerprint density at radius 3 is 2.44 bits per heavy atom. The van der Waals surface area contributed by atoms with Crippen molar-refractivity contribution in [1.29, 1.82) is 0 Å². The summed E-state index contributed by atoms with van der Waals surface area (Å²) in [4.78, 5) is 9.30. The summed E-state index contributed by atoms with van der Waals surface area (Å²) in [5.41, 5.74) is 3.61. The fourth-order valence-electron chi connectivity index (χ4n) is 3.63. The van der Waals surface area contributed by atoms with Gasteiger partial charge in [-0.15, -0.1) is 0 Å². The molecule has 1 unspecified atom stereocenters. The third-order valence-electron chi connectivity index (χ3n) is 5.11. The Labute approximate surface area is 162 Å². The molecule has 27 heavy (non-hydrogen) atoms. The van der Waals surface area contributed by atoms with Crippen molar-refractivity contribution in [1.82, 2.24) is 20.0 Å². The van der Waals surface area contributed by atoms with Crippen LogP contribution in [0.5, 0.6) is 0 Å². The quantitative estimate of drug-likeness (QED) is 0.651. The monoisotopic (exact) mass is 368 g/mol. The van der Waals surface area contributed by atoms with Crippen molar-refractivity contribution in [2.24, 2.45) is 10.9 Å². The van der Waals surface area contributed by atoms with Crippen LogP contribution in [0.25, 0.3) is 0 Å². The Morgan fingerprint density at radius 1 is 1.15 bits per heavy atom. The van der Waals surface area contributed by atoms with Crippen molar-refractivity contribution in [2.45, 2.75) is 27.3 Å². The average molecular weight is 369 g/mol. The molecule has 146 valence electrons. The molecular weight excluding hydrogens is 336 g/mol. The molecule has 1 saturated heterocycles. The van der Waals surface area contributed by atoms with Gasteiger partial charge in [-0.2, -0.15) is 5.10 Å². The lowest BCUT2D eigenvalue weighted by Gasteiger charge is -2.38. The topological polar surface area (TPSA) is 48.7 Å². The van der Waals surface area contributed by atoms with Crippen LogP contribution in [0.2, 0.25) is 0 Å². The molecule has 0 saturated carbocycles. The predicted octanol–water partition coefficient (Wildman–Crippen LogP) is 2.53. The van der Waals surface area contributed by atoms with E-state index in [1.54, 1.807) is 0 Å². The van der Waals surface area contributed by atoms with Crippen LogP contribution in [-0.2, 0) is 6.54 Å². The SMILES string of the molecule is CN=C(NCC(C)Cn1nc(C)cc1C)N1CCN(c2ccccc2)CC1. The minimum atomic E-state index is 0.477. The first-order valence-electron chi connectivity index (χ1n) is 9.83. The number of anilines is 1. The molecule has 1 fully saturated rings. The molecule has 1 aromatic carbocycles. The summed E-state index contributed by atoms with van der Waals surface area (Å²) in [5.74, 6) is 1.48. The smallest absolute Gasteiger partial charge is 0.193 e. The number of benzene rings is 1. The molecular formula is C21H32N6. The Hall–Kier alpha value is -2.50. The number of hydrogen-bond acceptors (Lipinski definition) is 3. The van der Waals surface area contributed by atoms with E-state index in [0.29, 0.717) is 5.92 Å². The molecule has 0 spiro atoms. The van der Waals surface area contributed by atoms with Gasteiger partial charge in [-0.05, 0) is 38.0 Å². The molecule has 0 amide bonds. The summed E-state index contributed by atoms with van der Waals surface area (Å²) in [6.45, 7) is 12.2. The van der Waals surface area contributed by atoms with Gasteiger partial charge in [0, 0.05) is 57.7 Å². The van der Waals surface area contributed by atoms with E-state index >= 15 is 0 Å². The van der Waals surface area contributed by atoms with E-state index in [1.165, 1.54) is 11.4 Å². The summed E-state index contributed by atoms with van der Waals surface area (Å²) in [5, 5.41) is 8.12. The first-order chi connectivity index (χ1) is 13.1. The molecule has 0 radical (unpaired) electrons. The van der Waals surface area contributed by atoms with E-state index in [4.69, 9.17) is 0 Å². The highest BCUT2D eigenvalue weighted by Crippen LogP contribution is 2.15. The number of aliphatic imine (C=N–C) groups is 1. The second-order valence-electron chi connectivity index (χ2n) is 7.45. The molecule has 1 atom stereocenters. The zero-order chi connectivity index (χ0) is 19.2. The molecule has 2 aromatic rings. The molecule has 1 N–H and O–H groups in total. The van der Waals surface area contributed by atoms with Crippen molar-refractivity contribution < 1.29 is 0 Å². The molecule has 0 aliphatic carbocycles. The molecule has 6 heteroatoms. The summed E-state index contributed by atoms with van der Waals surface area (Å²) in [6.07, 6.45) is 0. The van der Waals surface area contributed by atoms with Gasteiger partial charge in [0.1, 0.15) is 0 Å². The number of aryl methyl sites for hydroxylation is 2. The Morgan fingerprint density at radius 2 is 1.85 bits per heavy atom. The van der Waals surface area contributed by atoms with E-state index in [2.05, 4.69) is 80.1 Å². The number of aromatic nitrogens is 2. The maximum atomic E-state index is 4.57. The second kappa shape index (κ2) is 8.93. The highest BCUT2D eigenvalue weighted by molar-refractivity contribution is 5.80. The number of rotatable bonds is 5. The third kappa shape index (κ3) is 5.02. The van der Waals surface area contributed by atoms with Crippen LogP contribution >= 0.6 is 0 Å². The van der Waals surface area contributed by atoms with Crippen molar-refractivity contribution >= 4 is 11.6 Å². The highest BCUT2D eigenvalue weighted by Gasteiger charge is 2.20. The fraction of sp³-hybridized carbons (Fsp3) is 0.524. The van der Waals surface area contributed by atoms with Crippen LogP contribution < -0.4 is 10.2 Å². The Balaban J connectivity index is 1.47. The highest BCUT2D eigenvalue weighted by atomic mass is 15.3. The maximum absolute atomic E-state index is 4.57. The molecule has 2 heterocycles. The van der Waals surface area contributed by atoms with Crippen LogP contribution in [0.3, 0.4) is 0 Å². The van der Waals surface area contributed by atoms with E-state index in [1.807, 2.05) is 14.0 Å². The maximum Gasteiger partial charge on any atom is 0.193 e. The van der Waals surface area contributed by atoms with Crippen LogP contribution in [0.1, 0.15) is 18.3 Å². The van der Waals surface area contributed by atoms with Gasteiger partial charge in [0.25, 0.3) is 0 Å². The van der Waals surface area contributed by atoms with Crippen molar-refractivity contribution in [3.8, 4) is 0 Å². The summed E-state index contributed by atoms with van der Waals surface area (Å²) in [6, 6.07) is 12.8. The van der Waals surface area contributed by atoms with Gasteiger partial charge in [-0.25, -0.2) is 0 Å². The largest absolute Gasteiger partial charge is 0.368 e. The summed E-state index contributed by atoms with van der Waals surface area (Å²) in [7, 11) is 1.87. The number of para-hydroxylation sites is 1. The number of guanidine groups is 1. The lowest BCUT2D eigenvalue weighted by molar-refractivity contribution is 0.363. The normalized spacial score (nSPS) is 16.5. The van der Waals surface area contributed by atoms with Crippen molar-refractivity contribution in [3.05, 3.63) is 47.8 Å². The average Bonchev–Trinajstić information content (AvgIpc) is 3.00. The van der Waals surface area contributed by atoms with Crippen LogP contribution in [-0.4, -0.2) is 60.4 Å². The van der Waals surface area contributed by atoms with Gasteiger partial charge in [0.15, 0.2) is 5.96 Å². The van der Waals surface area contributed by atoms with Gasteiger partial charge in [0.2, 0.25) is 0 Å².